The van der Waals surface area contributed by atoms with E-state index in [9.17, 15) is 4.79 Å². The molecule has 2 N–H and O–H groups in total. The summed E-state index contributed by atoms with van der Waals surface area (Å²) >= 11 is 0. The van der Waals surface area contributed by atoms with Gasteiger partial charge in [-0.2, -0.15) is 0 Å². The first kappa shape index (κ1) is 14.7. The molecule has 0 spiro atoms. The monoisotopic (exact) mass is 248 g/mol. The Balaban J connectivity index is 2.14. The second kappa shape index (κ2) is 8.70. The predicted octanol–water partition coefficient (Wildman–Crippen LogP) is 3.10. The van der Waals surface area contributed by atoms with Crippen molar-refractivity contribution in [2.24, 2.45) is 0 Å². The zero-order valence-electron chi connectivity index (χ0n) is 11.5. The number of rotatable bonds is 8. The van der Waals surface area contributed by atoms with E-state index in [0.717, 1.165) is 24.3 Å². The average Bonchev–Trinajstić information content (AvgIpc) is 2.33. The number of hydrogen-bond acceptors (Lipinski definition) is 2. The molecule has 3 heteroatoms. The fraction of sp³-hybridized carbons (Fsp3) is 0.533. The van der Waals surface area contributed by atoms with Gasteiger partial charge in [0.15, 0.2) is 0 Å². The first-order valence-corrected chi connectivity index (χ1v) is 6.79. The fourth-order valence-electron chi connectivity index (χ4n) is 1.77. The quantitative estimate of drug-likeness (QED) is 0.694. The minimum absolute atomic E-state index is 0.0728. The van der Waals surface area contributed by atoms with E-state index in [1.165, 1.54) is 19.3 Å². The molecule has 0 radical (unpaired) electrons. The fourth-order valence-corrected chi connectivity index (χ4v) is 1.77. The molecular formula is C15H24N2O. The van der Waals surface area contributed by atoms with Gasteiger partial charge in [0.05, 0.1) is 0 Å². The predicted molar refractivity (Wildman–Crippen MR) is 76.8 cm³/mol. The van der Waals surface area contributed by atoms with Gasteiger partial charge in [-0.15, -0.1) is 0 Å². The Morgan fingerprint density at radius 1 is 1.22 bits per heavy atom. The van der Waals surface area contributed by atoms with Gasteiger partial charge in [0.1, 0.15) is 0 Å². The van der Waals surface area contributed by atoms with E-state index in [4.69, 9.17) is 0 Å². The van der Waals surface area contributed by atoms with Crippen molar-refractivity contribution in [3.05, 3.63) is 29.8 Å². The molecule has 0 fully saturated rings. The Kier molecular flexibility index (Phi) is 7.11. The van der Waals surface area contributed by atoms with Crippen LogP contribution in [0.15, 0.2) is 24.3 Å². The van der Waals surface area contributed by atoms with E-state index in [1.54, 1.807) is 0 Å². The summed E-state index contributed by atoms with van der Waals surface area (Å²) < 4.78 is 0. The summed E-state index contributed by atoms with van der Waals surface area (Å²) in [6.45, 7) is 5.97. The summed E-state index contributed by atoms with van der Waals surface area (Å²) in [5, 5.41) is 6.19. The number of amides is 1. The summed E-state index contributed by atoms with van der Waals surface area (Å²) in [7, 11) is 0. The molecular weight excluding hydrogens is 224 g/mol. The maximum atomic E-state index is 11.7. The minimum atomic E-state index is 0.0728. The maximum Gasteiger partial charge on any atom is 0.225 e. The van der Waals surface area contributed by atoms with E-state index in [0.29, 0.717) is 6.42 Å². The third-order valence-corrected chi connectivity index (χ3v) is 2.79. The van der Waals surface area contributed by atoms with Crippen LogP contribution in [-0.2, 0) is 4.79 Å². The van der Waals surface area contributed by atoms with E-state index >= 15 is 0 Å². The highest BCUT2D eigenvalue weighted by Gasteiger charge is 2.01. The lowest BCUT2D eigenvalue weighted by atomic mass is 10.2. The average molecular weight is 248 g/mol. The van der Waals surface area contributed by atoms with Gasteiger partial charge in [0.25, 0.3) is 0 Å². The molecule has 0 saturated heterocycles. The van der Waals surface area contributed by atoms with Gasteiger partial charge >= 0.3 is 0 Å². The zero-order valence-corrected chi connectivity index (χ0v) is 11.5. The molecule has 1 rings (SSSR count). The van der Waals surface area contributed by atoms with Gasteiger partial charge in [0.2, 0.25) is 5.91 Å². The largest absolute Gasteiger partial charge is 0.326 e. The van der Waals surface area contributed by atoms with Crippen LogP contribution >= 0.6 is 0 Å². The highest BCUT2D eigenvalue weighted by molar-refractivity contribution is 5.90. The number of hydrogen-bond donors (Lipinski definition) is 2. The topological polar surface area (TPSA) is 41.1 Å². The van der Waals surface area contributed by atoms with Crippen LogP contribution in [0.25, 0.3) is 0 Å². The first-order valence-electron chi connectivity index (χ1n) is 6.79. The third-order valence-electron chi connectivity index (χ3n) is 2.79. The summed E-state index contributed by atoms with van der Waals surface area (Å²) in [6.07, 6.45) is 4.20. The third kappa shape index (κ3) is 6.40. The highest BCUT2D eigenvalue weighted by atomic mass is 16.1. The van der Waals surface area contributed by atoms with Crippen LogP contribution < -0.4 is 10.6 Å². The van der Waals surface area contributed by atoms with Gasteiger partial charge in [-0.05, 0) is 37.6 Å². The molecule has 0 aliphatic heterocycles. The Bertz CT molecular complexity index is 363. The molecule has 0 aromatic heterocycles. The van der Waals surface area contributed by atoms with Gasteiger partial charge in [0, 0.05) is 18.7 Å². The SMILES string of the molecule is CCCCCNCCC(=O)Nc1cccc(C)c1. The van der Waals surface area contributed by atoms with Gasteiger partial charge in [-0.1, -0.05) is 31.9 Å². The van der Waals surface area contributed by atoms with Crippen molar-refractivity contribution in [2.75, 3.05) is 18.4 Å². The Labute approximate surface area is 110 Å². The molecule has 1 aromatic carbocycles. The second-order valence-corrected chi connectivity index (χ2v) is 4.62. The van der Waals surface area contributed by atoms with Gasteiger partial charge in [-0.3, -0.25) is 4.79 Å². The van der Waals surface area contributed by atoms with Crippen LogP contribution in [-0.4, -0.2) is 19.0 Å². The van der Waals surface area contributed by atoms with Gasteiger partial charge in [-0.25, -0.2) is 0 Å². The molecule has 1 aromatic rings. The second-order valence-electron chi connectivity index (χ2n) is 4.62. The Morgan fingerprint density at radius 3 is 2.78 bits per heavy atom. The molecule has 0 unspecified atom stereocenters. The number of carbonyl (C=O) groups is 1. The number of benzene rings is 1. The van der Waals surface area contributed by atoms with Crippen molar-refractivity contribution in [1.29, 1.82) is 0 Å². The van der Waals surface area contributed by atoms with Crippen LogP contribution in [0.5, 0.6) is 0 Å². The van der Waals surface area contributed by atoms with E-state index in [2.05, 4.69) is 17.6 Å². The molecule has 0 atom stereocenters. The molecule has 0 aliphatic rings. The number of nitrogens with one attached hydrogen (secondary N) is 2. The van der Waals surface area contributed by atoms with Gasteiger partial charge < -0.3 is 10.6 Å². The highest BCUT2D eigenvalue weighted by Crippen LogP contribution is 2.09. The molecule has 1 amide bonds. The van der Waals surface area contributed by atoms with E-state index in [-0.39, 0.29) is 5.91 Å². The molecule has 3 nitrogen and oxygen atoms in total. The van der Waals surface area contributed by atoms with Crippen molar-refractivity contribution in [1.82, 2.24) is 5.32 Å². The lowest BCUT2D eigenvalue weighted by Crippen LogP contribution is -2.22. The lowest BCUT2D eigenvalue weighted by Gasteiger charge is -2.07. The first-order chi connectivity index (χ1) is 8.72. The minimum Gasteiger partial charge on any atom is -0.326 e. The number of aryl methyl sites for hydroxylation is 1. The van der Waals surface area contributed by atoms with E-state index < -0.39 is 0 Å². The summed E-state index contributed by atoms with van der Waals surface area (Å²) in [4.78, 5) is 11.7. The van der Waals surface area contributed by atoms with Crippen LogP contribution in [0.1, 0.15) is 38.2 Å². The smallest absolute Gasteiger partial charge is 0.225 e. The summed E-state index contributed by atoms with van der Waals surface area (Å²) in [5.41, 5.74) is 2.04. The molecule has 0 heterocycles. The molecule has 18 heavy (non-hydrogen) atoms. The molecule has 100 valence electrons. The van der Waals surface area contributed by atoms with Crippen molar-refractivity contribution in [3.8, 4) is 0 Å². The maximum absolute atomic E-state index is 11.7. The zero-order chi connectivity index (χ0) is 13.2. The number of unbranched alkanes of at least 4 members (excludes halogenated alkanes) is 2. The van der Waals surface area contributed by atoms with Crippen LogP contribution in [0, 0.1) is 6.92 Å². The van der Waals surface area contributed by atoms with Crippen LogP contribution in [0.2, 0.25) is 0 Å². The van der Waals surface area contributed by atoms with E-state index in [1.807, 2.05) is 31.2 Å². The van der Waals surface area contributed by atoms with Crippen LogP contribution in [0.4, 0.5) is 5.69 Å². The molecule has 0 saturated carbocycles. The Hall–Kier alpha value is -1.35. The van der Waals surface area contributed by atoms with Crippen molar-refractivity contribution < 1.29 is 4.79 Å². The normalized spacial score (nSPS) is 10.3. The summed E-state index contributed by atoms with van der Waals surface area (Å²) in [6, 6.07) is 7.87. The lowest BCUT2D eigenvalue weighted by molar-refractivity contribution is -0.116. The Morgan fingerprint density at radius 2 is 2.06 bits per heavy atom. The van der Waals surface area contributed by atoms with Crippen molar-refractivity contribution in [2.45, 2.75) is 39.5 Å². The molecule has 0 bridgehead atoms. The summed E-state index contributed by atoms with van der Waals surface area (Å²) in [5.74, 6) is 0.0728. The standard InChI is InChI=1S/C15H24N2O/c1-3-4-5-10-16-11-9-15(18)17-14-8-6-7-13(2)12-14/h6-8,12,16H,3-5,9-11H2,1-2H3,(H,17,18). The molecule has 0 aliphatic carbocycles. The van der Waals surface area contributed by atoms with Crippen molar-refractivity contribution in [3.63, 3.8) is 0 Å². The van der Waals surface area contributed by atoms with Crippen molar-refractivity contribution >= 4 is 11.6 Å². The number of carbonyl (C=O) groups excluding carboxylic acids is 1. The van der Waals surface area contributed by atoms with Crippen LogP contribution in [0.3, 0.4) is 0 Å². The number of anilines is 1.